The van der Waals surface area contributed by atoms with Gasteiger partial charge in [0.25, 0.3) is 0 Å². The second-order valence-electron chi connectivity index (χ2n) is 7.09. The van der Waals surface area contributed by atoms with Gasteiger partial charge in [-0.3, -0.25) is 0 Å². The molecule has 1 aromatic carbocycles. The van der Waals surface area contributed by atoms with Crippen molar-refractivity contribution < 1.29 is 5.11 Å². The van der Waals surface area contributed by atoms with Gasteiger partial charge in [-0.25, -0.2) is 0 Å². The minimum Gasteiger partial charge on any atom is -0.389 e. The maximum Gasteiger partial charge on any atom is 0.0718 e. The number of nitrogens with one attached hydrogen (secondary N) is 1. The van der Waals surface area contributed by atoms with Gasteiger partial charge in [0, 0.05) is 25.0 Å². The fourth-order valence-electron chi connectivity index (χ4n) is 2.94. The second-order valence-corrected chi connectivity index (χ2v) is 7.09. The van der Waals surface area contributed by atoms with Crippen LogP contribution in [0.4, 0.5) is 0 Å². The molecule has 3 nitrogen and oxygen atoms in total. The summed E-state index contributed by atoms with van der Waals surface area (Å²) in [5, 5.41) is 13.6. The molecular weight excluding hydrogens is 260 g/mol. The first-order valence-electron chi connectivity index (χ1n) is 7.94. The first kappa shape index (κ1) is 18.1. The van der Waals surface area contributed by atoms with Gasteiger partial charge in [-0.1, -0.05) is 44.2 Å². The lowest BCUT2D eigenvalue weighted by Gasteiger charge is -2.36. The summed E-state index contributed by atoms with van der Waals surface area (Å²) in [7, 11) is 2.08. The van der Waals surface area contributed by atoms with Crippen LogP contribution >= 0.6 is 0 Å². The van der Waals surface area contributed by atoms with E-state index < -0.39 is 5.60 Å². The zero-order valence-electron chi connectivity index (χ0n) is 14.3. The van der Waals surface area contributed by atoms with E-state index in [0.29, 0.717) is 6.54 Å². The average molecular weight is 292 g/mol. The molecule has 3 heteroatoms. The van der Waals surface area contributed by atoms with E-state index in [1.165, 1.54) is 5.56 Å². The Morgan fingerprint density at radius 1 is 1.10 bits per heavy atom. The molecule has 0 aromatic heterocycles. The molecule has 120 valence electrons. The molecule has 1 atom stereocenters. The molecule has 2 N–H and O–H groups in total. The number of rotatable bonds is 9. The Balaban J connectivity index is 2.81. The largest absolute Gasteiger partial charge is 0.389 e. The van der Waals surface area contributed by atoms with Crippen LogP contribution in [-0.4, -0.2) is 48.8 Å². The lowest BCUT2D eigenvalue weighted by molar-refractivity contribution is 0.0385. The lowest BCUT2D eigenvalue weighted by Crippen LogP contribution is -2.47. The van der Waals surface area contributed by atoms with Crippen LogP contribution in [0.1, 0.15) is 39.7 Å². The summed E-state index contributed by atoms with van der Waals surface area (Å²) in [5.74, 6) is 0. The molecule has 0 bridgehead atoms. The third-order valence-corrected chi connectivity index (χ3v) is 3.69. The predicted molar refractivity (Wildman–Crippen MR) is 90.7 cm³/mol. The van der Waals surface area contributed by atoms with Gasteiger partial charge in [-0.15, -0.1) is 0 Å². The third-order valence-electron chi connectivity index (χ3n) is 3.69. The van der Waals surface area contributed by atoms with E-state index in [1.54, 1.807) is 0 Å². The Bertz CT molecular complexity index is 399. The number of likely N-dealkylation sites (N-methyl/N-ethyl adjacent to an activating group) is 1. The summed E-state index contributed by atoms with van der Waals surface area (Å²) < 4.78 is 0. The lowest BCUT2D eigenvalue weighted by atomic mass is 9.81. The van der Waals surface area contributed by atoms with Gasteiger partial charge >= 0.3 is 0 Å². The highest BCUT2D eigenvalue weighted by atomic mass is 16.3. The smallest absolute Gasteiger partial charge is 0.0718 e. The van der Waals surface area contributed by atoms with Crippen LogP contribution in [0.2, 0.25) is 0 Å². The summed E-state index contributed by atoms with van der Waals surface area (Å²) in [6, 6.07) is 10.7. The fourth-order valence-corrected chi connectivity index (χ4v) is 2.94. The quantitative estimate of drug-likeness (QED) is 0.687. The minimum atomic E-state index is -0.663. The van der Waals surface area contributed by atoms with Crippen molar-refractivity contribution in [3.05, 3.63) is 35.9 Å². The number of hydrogen-bond donors (Lipinski definition) is 2. The van der Waals surface area contributed by atoms with Crippen LogP contribution in [-0.2, 0) is 5.41 Å². The second kappa shape index (κ2) is 7.92. The van der Waals surface area contributed by atoms with Gasteiger partial charge in [0.2, 0.25) is 0 Å². The molecule has 0 saturated heterocycles. The zero-order chi connectivity index (χ0) is 15.9. The summed E-state index contributed by atoms with van der Waals surface area (Å²) in [5.41, 5.74) is 0.718. The molecule has 1 rings (SSSR count). The third kappa shape index (κ3) is 6.60. The van der Waals surface area contributed by atoms with Gasteiger partial charge in [-0.05, 0) is 39.4 Å². The van der Waals surface area contributed by atoms with Gasteiger partial charge in [-0.2, -0.15) is 0 Å². The molecule has 0 aliphatic rings. The molecule has 0 amide bonds. The van der Waals surface area contributed by atoms with Crippen molar-refractivity contribution in [1.29, 1.82) is 0 Å². The van der Waals surface area contributed by atoms with Crippen molar-refractivity contribution in [2.24, 2.45) is 0 Å². The van der Waals surface area contributed by atoms with Gasteiger partial charge in [0.1, 0.15) is 0 Å². The Labute approximate surface area is 130 Å². The Morgan fingerprint density at radius 3 is 2.24 bits per heavy atom. The predicted octanol–water partition coefficient (Wildman–Crippen LogP) is 2.65. The molecule has 21 heavy (non-hydrogen) atoms. The van der Waals surface area contributed by atoms with E-state index in [-0.39, 0.29) is 5.41 Å². The molecule has 1 aromatic rings. The van der Waals surface area contributed by atoms with Crippen molar-refractivity contribution in [2.45, 2.75) is 45.1 Å². The minimum absolute atomic E-state index is 0.0381. The van der Waals surface area contributed by atoms with E-state index in [4.69, 9.17) is 0 Å². The maximum atomic E-state index is 10.0. The van der Waals surface area contributed by atoms with Gasteiger partial charge in [0.05, 0.1) is 5.60 Å². The normalized spacial score (nSPS) is 15.2. The molecular formula is C18H32N2O. The summed E-state index contributed by atoms with van der Waals surface area (Å²) in [4.78, 5) is 2.22. The molecule has 0 saturated carbocycles. The molecule has 0 aliphatic heterocycles. The topological polar surface area (TPSA) is 35.5 Å². The SMILES string of the molecule is CCCNCC(C)(CN(C)CC(C)(C)O)c1ccccc1. The number of aliphatic hydroxyl groups is 1. The van der Waals surface area contributed by atoms with Crippen molar-refractivity contribution in [3.8, 4) is 0 Å². The van der Waals surface area contributed by atoms with E-state index in [2.05, 4.69) is 61.4 Å². The standard InChI is InChI=1S/C18H32N2O/c1-6-12-19-13-18(4,16-10-8-7-9-11-16)15-20(5)14-17(2,3)21/h7-11,19,21H,6,12-15H2,1-5H3. The first-order chi connectivity index (χ1) is 9.77. The first-order valence-corrected chi connectivity index (χ1v) is 7.94. The van der Waals surface area contributed by atoms with Crippen LogP contribution in [0.25, 0.3) is 0 Å². The van der Waals surface area contributed by atoms with Crippen LogP contribution in [0, 0.1) is 0 Å². The van der Waals surface area contributed by atoms with E-state index in [1.807, 2.05) is 13.8 Å². The van der Waals surface area contributed by atoms with Gasteiger partial charge in [0.15, 0.2) is 0 Å². The monoisotopic (exact) mass is 292 g/mol. The van der Waals surface area contributed by atoms with E-state index >= 15 is 0 Å². The molecule has 0 radical (unpaired) electrons. The van der Waals surface area contributed by atoms with Crippen LogP contribution in [0.3, 0.4) is 0 Å². The van der Waals surface area contributed by atoms with Crippen molar-refractivity contribution in [2.75, 3.05) is 33.2 Å². The molecule has 1 unspecified atom stereocenters. The summed E-state index contributed by atoms with van der Waals surface area (Å²) in [6.45, 7) is 11.8. The Kier molecular flexibility index (Phi) is 6.85. The number of benzene rings is 1. The van der Waals surface area contributed by atoms with Crippen LogP contribution in [0.15, 0.2) is 30.3 Å². The van der Waals surface area contributed by atoms with Crippen LogP contribution < -0.4 is 5.32 Å². The van der Waals surface area contributed by atoms with E-state index in [9.17, 15) is 5.11 Å². The molecule has 0 aliphatic carbocycles. The average Bonchev–Trinajstić information content (AvgIpc) is 2.37. The summed E-state index contributed by atoms with van der Waals surface area (Å²) in [6.07, 6.45) is 1.14. The summed E-state index contributed by atoms with van der Waals surface area (Å²) >= 11 is 0. The van der Waals surface area contributed by atoms with E-state index in [0.717, 1.165) is 26.1 Å². The molecule has 0 heterocycles. The number of hydrogen-bond acceptors (Lipinski definition) is 3. The Hall–Kier alpha value is -0.900. The van der Waals surface area contributed by atoms with Crippen molar-refractivity contribution in [3.63, 3.8) is 0 Å². The highest BCUT2D eigenvalue weighted by Gasteiger charge is 2.29. The Morgan fingerprint density at radius 2 is 1.71 bits per heavy atom. The highest BCUT2D eigenvalue weighted by Crippen LogP contribution is 2.24. The number of nitrogens with zero attached hydrogens (tertiary/aromatic N) is 1. The van der Waals surface area contributed by atoms with Crippen LogP contribution in [0.5, 0.6) is 0 Å². The fraction of sp³-hybridized carbons (Fsp3) is 0.667. The molecule has 0 fully saturated rings. The molecule has 0 spiro atoms. The van der Waals surface area contributed by atoms with Gasteiger partial charge < -0.3 is 15.3 Å². The van der Waals surface area contributed by atoms with Crippen molar-refractivity contribution >= 4 is 0 Å². The zero-order valence-corrected chi connectivity index (χ0v) is 14.3. The highest BCUT2D eigenvalue weighted by molar-refractivity contribution is 5.25. The van der Waals surface area contributed by atoms with Crippen molar-refractivity contribution in [1.82, 2.24) is 10.2 Å². The maximum absolute atomic E-state index is 10.0.